The molecule has 0 saturated carbocycles. The number of hydrogen-bond donors (Lipinski definition) is 2. The molecule has 34 heavy (non-hydrogen) atoms. The monoisotopic (exact) mass is 460 g/mol. The van der Waals surface area contributed by atoms with Gasteiger partial charge in [-0.25, -0.2) is 9.97 Å². The molecule has 2 N–H and O–H groups in total. The van der Waals surface area contributed by atoms with Gasteiger partial charge in [0.1, 0.15) is 0 Å². The Morgan fingerprint density at radius 1 is 1.09 bits per heavy atom. The Bertz CT molecular complexity index is 1260. The van der Waals surface area contributed by atoms with Gasteiger partial charge in [0.2, 0.25) is 0 Å². The van der Waals surface area contributed by atoms with Crippen LogP contribution < -0.4 is 20.1 Å². The molecule has 0 aliphatic carbocycles. The number of aromatic nitrogens is 3. The molecule has 0 aliphatic rings. The molecule has 0 aliphatic heterocycles. The molecule has 9 heteroatoms. The number of ether oxygens (including phenoxy) is 2. The number of benzene rings is 2. The van der Waals surface area contributed by atoms with Gasteiger partial charge >= 0.3 is 0 Å². The number of fused-ring (bicyclic) bond motifs is 1. The maximum atomic E-state index is 12.2. The molecule has 2 aromatic carbocycles. The lowest BCUT2D eigenvalue weighted by Crippen LogP contribution is -2.33. The standard InChI is InChI=1S/C25H28N6O3/c1-30(13-11-27-25(32)18-7-5-4-6-8-18)16-20-17-31-14-12-26-24(31)23(29-20)28-19-9-10-21(33-2)22(15-19)34-3/h4-10,12,14-15,17H,11,13,16H2,1-3H3,(H,27,32)(H,28,29). The van der Waals surface area contributed by atoms with Crippen molar-refractivity contribution in [1.29, 1.82) is 0 Å². The topological polar surface area (TPSA) is 93.0 Å². The van der Waals surface area contributed by atoms with E-state index < -0.39 is 0 Å². The Labute approximate surface area is 198 Å². The SMILES string of the molecule is COc1ccc(Nc2nc(CN(C)CCNC(=O)c3ccccc3)cn3ccnc23)cc1OC. The van der Waals surface area contributed by atoms with Gasteiger partial charge in [0, 0.05) is 55.5 Å². The summed E-state index contributed by atoms with van der Waals surface area (Å²) >= 11 is 0. The maximum Gasteiger partial charge on any atom is 0.251 e. The van der Waals surface area contributed by atoms with Crippen LogP contribution in [0, 0.1) is 0 Å². The van der Waals surface area contributed by atoms with E-state index in [9.17, 15) is 4.79 Å². The van der Waals surface area contributed by atoms with Crippen molar-refractivity contribution in [1.82, 2.24) is 24.6 Å². The van der Waals surface area contributed by atoms with Crippen molar-refractivity contribution in [2.75, 3.05) is 39.7 Å². The molecular formula is C25H28N6O3. The molecule has 0 unspecified atom stereocenters. The van der Waals surface area contributed by atoms with Crippen LogP contribution in [0.3, 0.4) is 0 Å². The van der Waals surface area contributed by atoms with E-state index in [1.165, 1.54) is 0 Å². The number of nitrogens with zero attached hydrogens (tertiary/aromatic N) is 4. The molecule has 2 aromatic heterocycles. The van der Waals surface area contributed by atoms with Crippen molar-refractivity contribution < 1.29 is 14.3 Å². The number of likely N-dealkylation sites (N-methyl/N-ethyl adjacent to an activating group) is 1. The smallest absolute Gasteiger partial charge is 0.251 e. The molecule has 4 aromatic rings. The van der Waals surface area contributed by atoms with Crippen LogP contribution in [0.1, 0.15) is 16.1 Å². The minimum absolute atomic E-state index is 0.0756. The van der Waals surface area contributed by atoms with Gasteiger partial charge in [0.15, 0.2) is 23.0 Å². The molecule has 0 bridgehead atoms. The first-order chi connectivity index (χ1) is 16.6. The second-order valence-corrected chi connectivity index (χ2v) is 7.79. The van der Waals surface area contributed by atoms with Crippen LogP contribution in [0.5, 0.6) is 11.5 Å². The van der Waals surface area contributed by atoms with Crippen LogP contribution in [0.15, 0.2) is 67.1 Å². The zero-order valence-corrected chi connectivity index (χ0v) is 19.5. The Hall–Kier alpha value is -4.11. The predicted octanol–water partition coefficient (Wildman–Crippen LogP) is 3.35. The minimum atomic E-state index is -0.0756. The summed E-state index contributed by atoms with van der Waals surface area (Å²) in [6.07, 6.45) is 5.59. The third-order valence-corrected chi connectivity index (χ3v) is 5.32. The summed E-state index contributed by atoms with van der Waals surface area (Å²) in [6, 6.07) is 14.8. The van der Waals surface area contributed by atoms with Crippen LogP contribution in [0.25, 0.3) is 5.65 Å². The van der Waals surface area contributed by atoms with Gasteiger partial charge in [-0.2, -0.15) is 0 Å². The van der Waals surface area contributed by atoms with Crippen molar-refractivity contribution in [3.05, 3.63) is 78.4 Å². The molecule has 1 amide bonds. The van der Waals surface area contributed by atoms with E-state index in [1.54, 1.807) is 32.5 Å². The number of anilines is 2. The highest BCUT2D eigenvalue weighted by molar-refractivity contribution is 5.94. The number of nitrogens with one attached hydrogen (secondary N) is 2. The number of methoxy groups -OCH3 is 2. The number of rotatable bonds is 10. The van der Waals surface area contributed by atoms with Gasteiger partial charge in [-0.05, 0) is 31.3 Å². The van der Waals surface area contributed by atoms with Gasteiger partial charge < -0.3 is 24.5 Å². The highest BCUT2D eigenvalue weighted by atomic mass is 16.5. The maximum absolute atomic E-state index is 12.2. The first-order valence-electron chi connectivity index (χ1n) is 10.9. The summed E-state index contributed by atoms with van der Waals surface area (Å²) in [5.74, 6) is 1.84. The van der Waals surface area contributed by atoms with Crippen LogP contribution in [0.2, 0.25) is 0 Å². The molecule has 2 heterocycles. The molecule has 0 atom stereocenters. The molecule has 0 radical (unpaired) electrons. The average molecular weight is 461 g/mol. The van der Waals surface area contributed by atoms with Crippen molar-refractivity contribution in [3.63, 3.8) is 0 Å². The summed E-state index contributed by atoms with van der Waals surface area (Å²) < 4.78 is 12.7. The number of hydrogen-bond acceptors (Lipinski definition) is 7. The van der Waals surface area contributed by atoms with E-state index in [4.69, 9.17) is 14.5 Å². The highest BCUT2D eigenvalue weighted by Gasteiger charge is 2.12. The third kappa shape index (κ3) is 5.44. The second-order valence-electron chi connectivity index (χ2n) is 7.79. The largest absolute Gasteiger partial charge is 0.493 e. The molecular weight excluding hydrogens is 432 g/mol. The number of carbonyl (C=O) groups is 1. The zero-order chi connectivity index (χ0) is 23.9. The second kappa shape index (κ2) is 10.7. The van der Waals surface area contributed by atoms with E-state index in [2.05, 4.69) is 20.5 Å². The summed E-state index contributed by atoms with van der Waals surface area (Å²) in [4.78, 5) is 23.6. The van der Waals surface area contributed by atoms with Crippen molar-refractivity contribution in [2.24, 2.45) is 0 Å². The predicted molar refractivity (Wildman–Crippen MR) is 131 cm³/mol. The Morgan fingerprint density at radius 2 is 1.88 bits per heavy atom. The van der Waals surface area contributed by atoms with Gasteiger partial charge in [0.05, 0.1) is 19.9 Å². The van der Waals surface area contributed by atoms with E-state index in [0.717, 1.165) is 17.0 Å². The van der Waals surface area contributed by atoms with E-state index in [0.29, 0.717) is 42.5 Å². The fourth-order valence-corrected chi connectivity index (χ4v) is 3.60. The van der Waals surface area contributed by atoms with Gasteiger partial charge in [-0.15, -0.1) is 0 Å². The molecule has 4 rings (SSSR count). The van der Waals surface area contributed by atoms with E-state index >= 15 is 0 Å². The lowest BCUT2D eigenvalue weighted by molar-refractivity contribution is 0.0949. The molecule has 0 fully saturated rings. The first kappa shape index (κ1) is 23.1. The van der Waals surface area contributed by atoms with Gasteiger partial charge in [0.25, 0.3) is 5.91 Å². The van der Waals surface area contributed by atoms with Crippen LogP contribution in [0.4, 0.5) is 11.5 Å². The molecule has 0 spiro atoms. The lowest BCUT2D eigenvalue weighted by Gasteiger charge is -2.18. The quantitative estimate of drug-likeness (QED) is 0.375. The fraction of sp³-hybridized carbons (Fsp3) is 0.240. The van der Waals surface area contributed by atoms with Crippen LogP contribution in [-0.4, -0.2) is 59.5 Å². The van der Waals surface area contributed by atoms with Gasteiger partial charge in [-0.1, -0.05) is 18.2 Å². The number of imidazole rings is 1. The minimum Gasteiger partial charge on any atom is -0.493 e. The summed E-state index contributed by atoms with van der Waals surface area (Å²) in [5, 5.41) is 6.30. The van der Waals surface area contributed by atoms with Gasteiger partial charge in [-0.3, -0.25) is 9.69 Å². The number of amides is 1. The zero-order valence-electron chi connectivity index (χ0n) is 19.5. The third-order valence-electron chi connectivity index (χ3n) is 5.32. The van der Waals surface area contributed by atoms with E-state index in [-0.39, 0.29) is 5.91 Å². The summed E-state index contributed by atoms with van der Waals surface area (Å²) in [5.41, 5.74) is 3.05. The summed E-state index contributed by atoms with van der Waals surface area (Å²) in [6.45, 7) is 1.82. The molecule has 9 nitrogen and oxygen atoms in total. The Balaban J connectivity index is 1.43. The fourth-order valence-electron chi connectivity index (χ4n) is 3.60. The Kier molecular flexibility index (Phi) is 7.24. The van der Waals surface area contributed by atoms with Crippen LogP contribution >= 0.6 is 0 Å². The molecule has 0 saturated heterocycles. The lowest BCUT2D eigenvalue weighted by atomic mass is 10.2. The van der Waals surface area contributed by atoms with E-state index in [1.807, 2.05) is 60.2 Å². The first-order valence-corrected chi connectivity index (χ1v) is 10.9. The van der Waals surface area contributed by atoms with Crippen molar-refractivity contribution in [2.45, 2.75) is 6.54 Å². The Morgan fingerprint density at radius 3 is 2.65 bits per heavy atom. The van der Waals surface area contributed by atoms with Crippen molar-refractivity contribution >= 4 is 23.1 Å². The summed E-state index contributed by atoms with van der Waals surface area (Å²) in [7, 11) is 5.20. The van der Waals surface area contributed by atoms with Crippen LogP contribution in [-0.2, 0) is 6.54 Å². The average Bonchev–Trinajstić information content (AvgIpc) is 3.33. The number of carbonyl (C=O) groups excluding carboxylic acids is 1. The highest BCUT2D eigenvalue weighted by Crippen LogP contribution is 2.31. The van der Waals surface area contributed by atoms with Crippen molar-refractivity contribution in [3.8, 4) is 11.5 Å². The molecule has 176 valence electrons. The normalized spacial score (nSPS) is 10.9.